The lowest BCUT2D eigenvalue weighted by Gasteiger charge is -2.38. The number of nitrogens with zero attached hydrogens (tertiary/aromatic N) is 2. The second-order valence-corrected chi connectivity index (χ2v) is 7.21. The molecule has 1 aliphatic heterocycles. The predicted molar refractivity (Wildman–Crippen MR) is 104 cm³/mol. The number of guanidine groups is 1. The van der Waals surface area contributed by atoms with Gasteiger partial charge in [-0.05, 0) is 32.4 Å². The van der Waals surface area contributed by atoms with Crippen LogP contribution in [0.1, 0.15) is 32.4 Å². The number of hydrogen-bond donors (Lipinski definition) is 2. The van der Waals surface area contributed by atoms with E-state index in [4.69, 9.17) is 4.74 Å². The molecule has 0 bridgehead atoms. The summed E-state index contributed by atoms with van der Waals surface area (Å²) in [5.74, 6) is 0.825. The minimum absolute atomic E-state index is 0.171. The van der Waals surface area contributed by atoms with Crippen LogP contribution in [0.15, 0.2) is 33.7 Å². The van der Waals surface area contributed by atoms with Crippen LogP contribution in [0.25, 0.3) is 0 Å². The van der Waals surface area contributed by atoms with Crippen molar-refractivity contribution in [2.45, 2.75) is 38.9 Å². The standard InChI is InChI=1S/C18H29BrN4O/c1-13(23-9-10-24-12-14(23)2)11-21-18(20-4)22-15(3)16-7-5-6-8-17(16)19/h5-8,13-15H,9-12H2,1-4H3,(H2,20,21,22). The van der Waals surface area contributed by atoms with Crippen LogP contribution in [0, 0.1) is 0 Å². The number of halogens is 1. The third-order valence-corrected chi connectivity index (χ3v) is 5.22. The number of benzene rings is 1. The summed E-state index contributed by atoms with van der Waals surface area (Å²) >= 11 is 3.61. The van der Waals surface area contributed by atoms with Crippen LogP contribution in [0.2, 0.25) is 0 Å². The molecule has 0 aromatic heterocycles. The number of ether oxygens (including phenoxy) is 1. The highest BCUT2D eigenvalue weighted by Crippen LogP contribution is 2.22. The lowest BCUT2D eigenvalue weighted by Crippen LogP contribution is -2.53. The normalized spacial score (nSPS) is 22.0. The van der Waals surface area contributed by atoms with Crippen LogP contribution < -0.4 is 10.6 Å². The SMILES string of the molecule is CN=C(NCC(C)N1CCOCC1C)NC(C)c1ccccc1Br. The predicted octanol–water partition coefficient (Wildman–Crippen LogP) is 2.78. The second kappa shape index (κ2) is 9.39. The Morgan fingerprint density at radius 3 is 2.83 bits per heavy atom. The van der Waals surface area contributed by atoms with Gasteiger partial charge in [0.15, 0.2) is 5.96 Å². The average molecular weight is 397 g/mol. The summed E-state index contributed by atoms with van der Waals surface area (Å²) in [5, 5.41) is 6.91. The minimum Gasteiger partial charge on any atom is -0.379 e. The van der Waals surface area contributed by atoms with E-state index in [9.17, 15) is 0 Å². The Balaban J connectivity index is 1.87. The maximum atomic E-state index is 5.52. The van der Waals surface area contributed by atoms with E-state index in [1.54, 1.807) is 0 Å². The zero-order chi connectivity index (χ0) is 17.5. The largest absolute Gasteiger partial charge is 0.379 e. The van der Waals surface area contributed by atoms with Gasteiger partial charge in [-0.25, -0.2) is 0 Å². The van der Waals surface area contributed by atoms with E-state index in [1.807, 2.05) is 13.1 Å². The first-order valence-electron chi connectivity index (χ1n) is 8.58. The summed E-state index contributed by atoms with van der Waals surface area (Å²) in [6.45, 7) is 10.1. The van der Waals surface area contributed by atoms with Gasteiger partial charge in [-0.2, -0.15) is 0 Å². The first-order chi connectivity index (χ1) is 11.5. The van der Waals surface area contributed by atoms with E-state index < -0.39 is 0 Å². The van der Waals surface area contributed by atoms with E-state index in [0.717, 1.165) is 36.7 Å². The molecular formula is C18H29BrN4O. The molecule has 1 fully saturated rings. The van der Waals surface area contributed by atoms with Crippen molar-refractivity contribution in [1.29, 1.82) is 0 Å². The van der Waals surface area contributed by atoms with Gasteiger partial charge in [0, 0.05) is 36.7 Å². The smallest absolute Gasteiger partial charge is 0.191 e. The number of morpholine rings is 1. The van der Waals surface area contributed by atoms with Crippen LogP contribution in [-0.4, -0.2) is 56.3 Å². The summed E-state index contributed by atoms with van der Waals surface area (Å²) in [5.41, 5.74) is 1.22. The topological polar surface area (TPSA) is 48.9 Å². The monoisotopic (exact) mass is 396 g/mol. The second-order valence-electron chi connectivity index (χ2n) is 6.35. The Morgan fingerprint density at radius 2 is 2.17 bits per heavy atom. The summed E-state index contributed by atoms with van der Waals surface area (Å²) < 4.78 is 6.63. The highest BCUT2D eigenvalue weighted by Gasteiger charge is 2.23. The van der Waals surface area contributed by atoms with Crippen molar-refractivity contribution in [1.82, 2.24) is 15.5 Å². The summed E-state index contributed by atoms with van der Waals surface area (Å²) in [6, 6.07) is 9.32. The fourth-order valence-electron chi connectivity index (χ4n) is 3.06. The molecule has 1 aromatic carbocycles. The van der Waals surface area contributed by atoms with Gasteiger partial charge in [-0.1, -0.05) is 34.1 Å². The molecule has 1 heterocycles. The zero-order valence-corrected chi connectivity index (χ0v) is 16.6. The third kappa shape index (κ3) is 5.19. The van der Waals surface area contributed by atoms with Crippen molar-refractivity contribution < 1.29 is 4.74 Å². The molecule has 1 aliphatic rings. The summed E-state index contributed by atoms with van der Waals surface area (Å²) in [4.78, 5) is 6.84. The Kier molecular flexibility index (Phi) is 7.52. The van der Waals surface area contributed by atoms with Crippen LogP contribution >= 0.6 is 15.9 Å². The Morgan fingerprint density at radius 1 is 1.42 bits per heavy atom. The Labute approximate surface area is 154 Å². The van der Waals surface area contributed by atoms with E-state index in [1.165, 1.54) is 5.56 Å². The van der Waals surface area contributed by atoms with Gasteiger partial charge in [0.25, 0.3) is 0 Å². The molecule has 134 valence electrons. The maximum absolute atomic E-state index is 5.52. The molecule has 0 radical (unpaired) electrons. The third-order valence-electron chi connectivity index (χ3n) is 4.50. The molecule has 0 spiro atoms. The van der Waals surface area contributed by atoms with E-state index in [2.05, 4.69) is 75.4 Å². The summed E-state index contributed by atoms with van der Waals surface area (Å²) in [6.07, 6.45) is 0. The molecule has 3 unspecified atom stereocenters. The van der Waals surface area contributed by atoms with E-state index in [0.29, 0.717) is 12.1 Å². The molecular weight excluding hydrogens is 368 g/mol. The van der Waals surface area contributed by atoms with Crippen LogP contribution in [0.5, 0.6) is 0 Å². The molecule has 1 saturated heterocycles. The quantitative estimate of drug-likeness (QED) is 0.593. The van der Waals surface area contributed by atoms with E-state index in [-0.39, 0.29) is 6.04 Å². The van der Waals surface area contributed by atoms with Crippen molar-refractivity contribution in [2.75, 3.05) is 33.4 Å². The van der Waals surface area contributed by atoms with Crippen molar-refractivity contribution in [3.05, 3.63) is 34.3 Å². The number of rotatable bonds is 5. The molecule has 2 rings (SSSR count). The molecule has 2 N–H and O–H groups in total. The van der Waals surface area contributed by atoms with Gasteiger partial charge in [0.2, 0.25) is 0 Å². The van der Waals surface area contributed by atoms with Gasteiger partial charge < -0.3 is 15.4 Å². The Hall–Kier alpha value is -1.11. The van der Waals surface area contributed by atoms with Crippen molar-refractivity contribution in [2.24, 2.45) is 4.99 Å². The maximum Gasteiger partial charge on any atom is 0.191 e. The van der Waals surface area contributed by atoms with Crippen LogP contribution in [-0.2, 0) is 4.74 Å². The number of hydrogen-bond acceptors (Lipinski definition) is 3. The Bertz CT molecular complexity index is 552. The van der Waals surface area contributed by atoms with Gasteiger partial charge in [0.1, 0.15) is 0 Å². The molecule has 6 heteroatoms. The molecule has 0 aliphatic carbocycles. The van der Waals surface area contributed by atoms with Gasteiger partial charge >= 0.3 is 0 Å². The van der Waals surface area contributed by atoms with E-state index >= 15 is 0 Å². The van der Waals surface area contributed by atoms with Crippen LogP contribution in [0.3, 0.4) is 0 Å². The van der Waals surface area contributed by atoms with Crippen LogP contribution in [0.4, 0.5) is 0 Å². The first-order valence-corrected chi connectivity index (χ1v) is 9.37. The molecule has 24 heavy (non-hydrogen) atoms. The molecule has 0 amide bonds. The zero-order valence-electron chi connectivity index (χ0n) is 15.1. The average Bonchev–Trinajstić information content (AvgIpc) is 2.58. The van der Waals surface area contributed by atoms with Gasteiger partial charge in [0.05, 0.1) is 19.3 Å². The fourth-order valence-corrected chi connectivity index (χ4v) is 3.69. The lowest BCUT2D eigenvalue weighted by molar-refractivity contribution is -0.0174. The number of aliphatic imine (C=N–C) groups is 1. The minimum atomic E-state index is 0.171. The lowest BCUT2D eigenvalue weighted by atomic mass is 10.1. The van der Waals surface area contributed by atoms with Gasteiger partial charge in [-0.3, -0.25) is 9.89 Å². The highest BCUT2D eigenvalue weighted by molar-refractivity contribution is 9.10. The van der Waals surface area contributed by atoms with Gasteiger partial charge in [-0.15, -0.1) is 0 Å². The molecule has 1 aromatic rings. The molecule has 0 saturated carbocycles. The molecule has 5 nitrogen and oxygen atoms in total. The highest BCUT2D eigenvalue weighted by atomic mass is 79.9. The number of nitrogens with one attached hydrogen (secondary N) is 2. The first kappa shape index (κ1) is 19.2. The fraction of sp³-hybridized carbons (Fsp3) is 0.611. The summed E-state index contributed by atoms with van der Waals surface area (Å²) in [7, 11) is 1.81. The van der Waals surface area contributed by atoms with Crippen molar-refractivity contribution in [3.63, 3.8) is 0 Å². The molecule has 3 atom stereocenters. The van der Waals surface area contributed by atoms with Crippen molar-refractivity contribution in [3.8, 4) is 0 Å². The van der Waals surface area contributed by atoms with Crippen molar-refractivity contribution >= 4 is 21.9 Å².